The lowest BCUT2D eigenvalue weighted by atomic mass is 10.00. The zero-order valence-corrected chi connectivity index (χ0v) is 10.4. The molecule has 2 N–H and O–H groups in total. The molecule has 1 aliphatic carbocycles. The van der Waals surface area contributed by atoms with E-state index in [1.807, 2.05) is 0 Å². The van der Waals surface area contributed by atoms with Gasteiger partial charge in [-0.25, -0.2) is 0 Å². The number of hydrogen-bond acceptors (Lipinski definition) is 1. The first-order chi connectivity index (χ1) is 6.93. The van der Waals surface area contributed by atoms with Gasteiger partial charge in [-0.2, -0.15) is 0 Å². The quantitative estimate of drug-likeness (QED) is 0.417. The second-order valence-corrected chi connectivity index (χ2v) is 4.40. The van der Waals surface area contributed by atoms with Gasteiger partial charge in [0, 0.05) is 12.8 Å². The Morgan fingerprint density at radius 2 is 1.00 bits per heavy atom. The summed E-state index contributed by atoms with van der Waals surface area (Å²) in [6.07, 6.45) is 14.2. The normalized spacial score (nSPS) is 20.7. The molecule has 1 fully saturated rings. The predicted molar refractivity (Wildman–Crippen MR) is 58.5 cm³/mol. The van der Waals surface area contributed by atoms with Crippen LogP contribution in [-0.4, -0.2) is 10.9 Å². The van der Waals surface area contributed by atoms with Crippen LogP contribution in [0, 0.1) is 0 Å². The first kappa shape index (κ1) is 14.8. The first-order valence-corrected chi connectivity index (χ1v) is 6.18. The topological polar surface area (TPSA) is 34.2 Å². The molecule has 0 heterocycles. The molecule has 15 heavy (non-hydrogen) atoms. The Morgan fingerprint density at radius 3 is 1.33 bits per heavy atom. The van der Waals surface area contributed by atoms with Crippen LogP contribution in [0.5, 0.6) is 0 Å². The first-order valence-electron chi connectivity index (χ1n) is 6.18. The van der Waals surface area contributed by atoms with Crippen molar-refractivity contribution in [2.24, 2.45) is 0 Å². The molecule has 0 amide bonds. The van der Waals surface area contributed by atoms with Crippen LogP contribution >= 0.6 is 0 Å². The van der Waals surface area contributed by atoms with Crippen molar-refractivity contribution in [3.8, 4) is 0 Å². The summed E-state index contributed by atoms with van der Waals surface area (Å²) in [6, 6.07) is 0. The van der Waals surface area contributed by atoms with Crippen LogP contribution in [0.2, 0.25) is 0 Å². The molecule has 0 aromatic rings. The van der Waals surface area contributed by atoms with Gasteiger partial charge in [-0.3, -0.25) is 5.21 Å². The molecule has 0 bridgehead atoms. The highest BCUT2D eigenvalue weighted by Crippen LogP contribution is 2.14. The van der Waals surface area contributed by atoms with Gasteiger partial charge in [-0.15, -0.1) is 0 Å². The van der Waals surface area contributed by atoms with E-state index in [1.165, 1.54) is 57.8 Å². The van der Waals surface area contributed by atoms with E-state index in [2.05, 4.69) is 5.16 Å². The van der Waals surface area contributed by atoms with Gasteiger partial charge < -0.3 is 12.4 Å². The fourth-order valence-electron chi connectivity index (χ4n) is 2.15. The van der Waals surface area contributed by atoms with Crippen molar-refractivity contribution >= 4 is 5.71 Å². The SMILES string of the molecule is O[NH+]=C1CCCCCCCCCCC1.[Cl-]. The van der Waals surface area contributed by atoms with E-state index in [-0.39, 0.29) is 12.4 Å². The summed E-state index contributed by atoms with van der Waals surface area (Å²) < 4.78 is 0. The van der Waals surface area contributed by atoms with Crippen molar-refractivity contribution < 1.29 is 22.8 Å². The van der Waals surface area contributed by atoms with Crippen LogP contribution < -0.4 is 17.6 Å². The van der Waals surface area contributed by atoms with E-state index in [0.29, 0.717) is 0 Å². The number of hydrogen-bond donors (Lipinski definition) is 2. The zero-order chi connectivity index (χ0) is 10.1. The highest BCUT2D eigenvalue weighted by Gasteiger charge is 2.07. The van der Waals surface area contributed by atoms with Gasteiger partial charge in [0.05, 0.1) is 0 Å². The zero-order valence-electron chi connectivity index (χ0n) is 9.60. The van der Waals surface area contributed by atoms with E-state index < -0.39 is 0 Å². The van der Waals surface area contributed by atoms with Crippen LogP contribution in [-0.2, 0) is 0 Å². The second kappa shape index (κ2) is 10.3. The van der Waals surface area contributed by atoms with Crippen LogP contribution in [0.1, 0.15) is 70.6 Å². The molecule has 1 saturated carbocycles. The average Bonchev–Trinajstić information content (AvgIpc) is 2.19. The highest BCUT2D eigenvalue weighted by atomic mass is 35.5. The van der Waals surface area contributed by atoms with Crippen LogP contribution in [0.15, 0.2) is 0 Å². The predicted octanol–water partition coefficient (Wildman–Crippen LogP) is -0.794. The minimum absolute atomic E-state index is 0. The molecule has 1 rings (SSSR count). The molecule has 0 unspecified atom stereocenters. The van der Waals surface area contributed by atoms with E-state index in [4.69, 9.17) is 5.21 Å². The summed E-state index contributed by atoms with van der Waals surface area (Å²) in [4.78, 5) is 0. The smallest absolute Gasteiger partial charge is 0.201 e. The Kier molecular flexibility index (Phi) is 10.1. The summed E-state index contributed by atoms with van der Waals surface area (Å²) in [5, 5.41) is 11.3. The summed E-state index contributed by atoms with van der Waals surface area (Å²) >= 11 is 0. The molecule has 3 heteroatoms. The Labute approximate surface area is 99.5 Å². The molecule has 0 saturated heterocycles. The largest absolute Gasteiger partial charge is 1.00 e. The van der Waals surface area contributed by atoms with Crippen molar-refractivity contribution in [3.05, 3.63) is 0 Å². The van der Waals surface area contributed by atoms with Gasteiger partial charge in [0.25, 0.3) is 0 Å². The maximum atomic E-state index is 8.91. The van der Waals surface area contributed by atoms with Crippen LogP contribution in [0.25, 0.3) is 0 Å². The fourth-order valence-corrected chi connectivity index (χ4v) is 2.15. The molecule has 0 aromatic heterocycles. The summed E-state index contributed by atoms with van der Waals surface area (Å²) in [6.45, 7) is 0. The maximum absolute atomic E-state index is 8.91. The molecule has 90 valence electrons. The molecule has 1 aliphatic rings. The van der Waals surface area contributed by atoms with Crippen LogP contribution in [0.3, 0.4) is 0 Å². The minimum atomic E-state index is 0. The van der Waals surface area contributed by atoms with Gasteiger partial charge in [-0.1, -0.05) is 44.9 Å². The Morgan fingerprint density at radius 1 is 0.667 bits per heavy atom. The van der Waals surface area contributed by atoms with Gasteiger partial charge in [0.1, 0.15) is 0 Å². The Hall–Kier alpha value is -0.240. The Bertz CT molecular complexity index is 157. The molecular weight excluding hydrogens is 210 g/mol. The number of nitrogens with one attached hydrogen (secondary N) is 1. The van der Waals surface area contributed by atoms with Crippen molar-refractivity contribution in [1.82, 2.24) is 0 Å². The van der Waals surface area contributed by atoms with Crippen molar-refractivity contribution in [2.75, 3.05) is 0 Å². The van der Waals surface area contributed by atoms with E-state index in [9.17, 15) is 0 Å². The number of rotatable bonds is 0. The molecule has 2 nitrogen and oxygen atoms in total. The monoisotopic (exact) mass is 233 g/mol. The third-order valence-corrected chi connectivity index (χ3v) is 3.12. The lowest BCUT2D eigenvalue weighted by Gasteiger charge is -2.04. The lowest BCUT2D eigenvalue weighted by Crippen LogP contribution is -3.00. The van der Waals surface area contributed by atoms with Gasteiger partial charge in [0.15, 0.2) is 0 Å². The van der Waals surface area contributed by atoms with Crippen LogP contribution in [0.4, 0.5) is 0 Å². The van der Waals surface area contributed by atoms with Crippen molar-refractivity contribution in [2.45, 2.75) is 70.6 Å². The Balaban J connectivity index is 0.00000196. The van der Waals surface area contributed by atoms with E-state index >= 15 is 0 Å². The number of halogens is 1. The fraction of sp³-hybridized carbons (Fsp3) is 0.917. The summed E-state index contributed by atoms with van der Waals surface area (Å²) in [5.41, 5.74) is 1.14. The molecule has 0 aliphatic heterocycles. The van der Waals surface area contributed by atoms with Crippen molar-refractivity contribution in [1.29, 1.82) is 0 Å². The van der Waals surface area contributed by atoms with Gasteiger partial charge >= 0.3 is 0 Å². The minimum Gasteiger partial charge on any atom is -1.00 e. The lowest BCUT2D eigenvalue weighted by molar-refractivity contribution is -0.739. The average molecular weight is 234 g/mol. The maximum Gasteiger partial charge on any atom is 0.201 e. The summed E-state index contributed by atoms with van der Waals surface area (Å²) in [7, 11) is 0. The molecular formula is C12H24ClNO. The van der Waals surface area contributed by atoms with E-state index in [1.54, 1.807) is 0 Å². The second-order valence-electron chi connectivity index (χ2n) is 4.40. The van der Waals surface area contributed by atoms with E-state index in [0.717, 1.165) is 18.6 Å². The van der Waals surface area contributed by atoms with Crippen molar-refractivity contribution in [3.63, 3.8) is 0 Å². The molecule has 0 spiro atoms. The highest BCUT2D eigenvalue weighted by molar-refractivity contribution is 5.78. The molecule has 0 radical (unpaired) electrons. The van der Waals surface area contributed by atoms with Gasteiger partial charge in [0.2, 0.25) is 5.71 Å². The third-order valence-electron chi connectivity index (χ3n) is 3.12. The van der Waals surface area contributed by atoms with Gasteiger partial charge in [-0.05, 0) is 18.0 Å². The standard InChI is InChI=1S/C12H23NO.ClH/c14-13-12-10-8-6-4-2-1-3-5-7-9-11-12;/h14H,1-11H2;1H. The molecule has 0 aromatic carbocycles. The third kappa shape index (κ3) is 7.66. The summed E-state index contributed by atoms with van der Waals surface area (Å²) in [5.74, 6) is 0. The molecule has 0 atom stereocenters.